The molecule has 0 aliphatic heterocycles. The van der Waals surface area contributed by atoms with Crippen molar-refractivity contribution in [2.24, 2.45) is 0 Å². The number of hydrogen-bond acceptors (Lipinski definition) is 6. The lowest BCUT2D eigenvalue weighted by atomic mass is 10.1. The highest BCUT2D eigenvalue weighted by Gasteiger charge is 2.19. The molecule has 0 saturated carbocycles. The fraction of sp³-hybridized carbons (Fsp3) is 0.644. The molecule has 0 heterocycles. The summed E-state index contributed by atoms with van der Waals surface area (Å²) in [5.41, 5.74) is 0. The third-order valence-corrected chi connectivity index (χ3v) is 10.9. The maximum absolute atomic E-state index is 12.8. The monoisotopic (exact) mass is 901 g/mol. The van der Waals surface area contributed by atoms with Gasteiger partial charge in [0, 0.05) is 19.3 Å². The zero-order valence-electron chi connectivity index (χ0n) is 42.0. The second kappa shape index (κ2) is 52.7. The molecule has 1 atom stereocenters. The third kappa shape index (κ3) is 50.9. The largest absolute Gasteiger partial charge is 0.462 e. The Kier molecular flexibility index (Phi) is 49.5. The number of carbonyl (C=O) groups excluding carboxylic acids is 3. The second-order valence-corrected chi connectivity index (χ2v) is 17.2. The van der Waals surface area contributed by atoms with Crippen molar-refractivity contribution in [1.29, 1.82) is 0 Å². The van der Waals surface area contributed by atoms with Crippen LogP contribution in [0.5, 0.6) is 0 Å². The van der Waals surface area contributed by atoms with Gasteiger partial charge in [0.15, 0.2) is 6.10 Å². The van der Waals surface area contributed by atoms with Gasteiger partial charge >= 0.3 is 17.9 Å². The summed E-state index contributed by atoms with van der Waals surface area (Å²) in [6.07, 6.45) is 70.7. The van der Waals surface area contributed by atoms with Gasteiger partial charge in [-0.25, -0.2) is 0 Å². The van der Waals surface area contributed by atoms with Crippen molar-refractivity contribution in [3.63, 3.8) is 0 Å². The van der Waals surface area contributed by atoms with Crippen LogP contribution in [-0.4, -0.2) is 37.2 Å². The topological polar surface area (TPSA) is 78.9 Å². The summed E-state index contributed by atoms with van der Waals surface area (Å²) in [5, 5.41) is 0. The molecule has 6 heteroatoms. The maximum atomic E-state index is 12.8. The van der Waals surface area contributed by atoms with Gasteiger partial charge in [-0.2, -0.15) is 0 Å². The van der Waals surface area contributed by atoms with Crippen molar-refractivity contribution < 1.29 is 28.6 Å². The quantitative estimate of drug-likeness (QED) is 0.0199. The predicted octanol–water partition coefficient (Wildman–Crippen LogP) is 17.5. The molecule has 0 fully saturated rings. The predicted molar refractivity (Wildman–Crippen MR) is 279 cm³/mol. The van der Waals surface area contributed by atoms with Gasteiger partial charge in [-0.15, -0.1) is 0 Å². The average molecular weight is 901 g/mol. The minimum absolute atomic E-state index is 0.112. The first-order valence-electron chi connectivity index (χ1n) is 26.5. The summed E-state index contributed by atoms with van der Waals surface area (Å²) >= 11 is 0. The molecule has 0 rings (SSSR count). The summed E-state index contributed by atoms with van der Waals surface area (Å²) < 4.78 is 16.7. The number of carbonyl (C=O) groups is 3. The van der Waals surface area contributed by atoms with Crippen molar-refractivity contribution >= 4 is 17.9 Å². The first kappa shape index (κ1) is 61.1. The number of allylic oxidation sites excluding steroid dienone is 18. The van der Waals surface area contributed by atoms with Crippen LogP contribution in [0.2, 0.25) is 0 Å². The third-order valence-electron chi connectivity index (χ3n) is 10.9. The lowest BCUT2D eigenvalue weighted by Crippen LogP contribution is -2.30. The van der Waals surface area contributed by atoms with Crippen molar-refractivity contribution in [3.8, 4) is 0 Å². The highest BCUT2D eigenvalue weighted by atomic mass is 16.6. The van der Waals surface area contributed by atoms with Crippen LogP contribution in [0.15, 0.2) is 109 Å². The summed E-state index contributed by atoms with van der Waals surface area (Å²) in [5.74, 6) is -0.993. The number of unbranched alkanes of at least 4 members (excludes halogenated alkanes) is 23. The molecule has 0 aliphatic rings. The fourth-order valence-corrected chi connectivity index (χ4v) is 6.93. The van der Waals surface area contributed by atoms with E-state index in [0.29, 0.717) is 19.3 Å². The fourth-order valence-electron chi connectivity index (χ4n) is 6.93. The number of ether oxygens (including phenoxy) is 3. The van der Waals surface area contributed by atoms with Gasteiger partial charge in [-0.3, -0.25) is 14.4 Å². The standard InChI is InChI=1S/C59H96O6/c1-4-7-10-13-16-19-22-25-28-29-30-32-34-37-40-43-46-49-52-58(61)64-55-56(54-63-57(60)51-48-45-42-39-36-33-27-24-21-18-15-12-9-6-3)65-59(62)53-50-47-44-41-38-35-31-26-23-20-17-14-11-8-5-2/h8,11,14,17,20,22-23,25-26,28-33,35-36,38,56H,4-7,9-10,12-13,15-16,18-19,21,24,27,34,37,39-55H2,1-3H3/b11-8-,17-14-,23-20-,25-22-,29-28-,31-26-,32-30-,36-33-,38-35-. The number of rotatable bonds is 46. The molecule has 0 radical (unpaired) electrons. The van der Waals surface area contributed by atoms with Crippen LogP contribution in [0.25, 0.3) is 0 Å². The van der Waals surface area contributed by atoms with Gasteiger partial charge < -0.3 is 14.2 Å². The van der Waals surface area contributed by atoms with Gasteiger partial charge in [-0.1, -0.05) is 226 Å². The van der Waals surface area contributed by atoms with Gasteiger partial charge in [-0.05, 0) is 89.9 Å². The van der Waals surface area contributed by atoms with Crippen molar-refractivity contribution in [3.05, 3.63) is 109 Å². The molecule has 0 bridgehead atoms. The summed E-state index contributed by atoms with van der Waals surface area (Å²) in [6, 6.07) is 0. The Labute approximate surface area is 400 Å². The van der Waals surface area contributed by atoms with Crippen molar-refractivity contribution in [2.75, 3.05) is 13.2 Å². The molecular weight excluding hydrogens is 805 g/mol. The molecule has 1 unspecified atom stereocenters. The van der Waals surface area contributed by atoms with E-state index < -0.39 is 6.10 Å². The minimum atomic E-state index is -0.816. The van der Waals surface area contributed by atoms with E-state index in [1.807, 2.05) is 48.6 Å². The first-order chi connectivity index (χ1) is 32.0. The first-order valence-corrected chi connectivity index (χ1v) is 26.5. The van der Waals surface area contributed by atoms with Crippen LogP contribution >= 0.6 is 0 Å². The molecule has 0 N–H and O–H groups in total. The molecule has 0 aromatic rings. The van der Waals surface area contributed by atoms with Crippen LogP contribution < -0.4 is 0 Å². The molecule has 0 spiro atoms. The molecule has 0 aromatic carbocycles. The van der Waals surface area contributed by atoms with Gasteiger partial charge in [0.25, 0.3) is 0 Å². The number of hydrogen-bond donors (Lipinski definition) is 0. The van der Waals surface area contributed by atoms with E-state index in [0.717, 1.165) is 103 Å². The van der Waals surface area contributed by atoms with E-state index >= 15 is 0 Å². The lowest BCUT2D eigenvalue weighted by molar-refractivity contribution is -0.167. The van der Waals surface area contributed by atoms with Crippen LogP contribution in [0.4, 0.5) is 0 Å². The van der Waals surface area contributed by atoms with Crippen molar-refractivity contribution in [1.82, 2.24) is 0 Å². The van der Waals surface area contributed by atoms with Crippen LogP contribution in [-0.2, 0) is 28.6 Å². The zero-order valence-corrected chi connectivity index (χ0v) is 42.0. The minimum Gasteiger partial charge on any atom is -0.462 e. The molecule has 6 nitrogen and oxygen atoms in total. The molecule has 0 aliphatic carbocycles. The lowest BCUT2D eigenvalue weighted by Gasteiger charge is -2.18. The van der Waals surface area contributed by atoms with E-state index in [2.05, 4.69) is 81.5 Å². The van der Waals surface area contributed by atoms with E-state index in [4.69, 9.17) is 14.2 Å². The Morgan fingerprint density at radius 1 is 0.323 bits per heavy atom. The average Bonchev–Trinajstić information content (AvgIpc) is 3.30. The summed E-state index contributed by atoms with van der Waals surface area (Å²) in [7, 11) is 0. The Hall–Kier alpha value is -3.93. The van der Waals surface area contributed by atoms with Gasteiger partial charge in [0.05, 0.1) is 0 Å². The highest BCUT2D eigenvalue weighted by molar-refractivity contribution is 5.71. The smallest absolute Gasteiger partial charge is 0.306 e. The number of esters is 3. The molecule has 0 aromatic heterocycles. The van der Waals surface area contributed by atoms with Crippen LogP contribution in [0.1, 0.15) is 226 Å². The molecule has 0 saturated heterocycles. The highest BCUT2D eigenvalue weighted by Crippen LogP contribution is 2.13. The summed E-state index contributed by atoms with van der Waals surface area (Å²) in [4.78, 5) is 38.0. The zero-order chi connectivity index (χ0) is 47.2. The van der Waals surface area contributed by atoms with E-state index in [1.165, 1.54) is 77.0 Å². The maximum Gasteiger partial charge on any atom is 0.306 e. The molecular formula is C59H96O6. The Balaban J connectivity index is 4.53. The Morgan fingerprint density at radius 2 is 0.615 bits per heavy atom. The van der Waals surface area contributed by atoms with Gasteiger partial charge in [0.2, 0.25) is 0 Å². The SMILES string of the molecule is CC\C=C/C=C\C=C/C=C\C=C/CCCCCC(=O)OC(COC(=O)CCCCC/C=C\CCCCCCCCC)COC(=O)CCCCCCC\C=C/C=C\C=C/CCCCCCC. The van der Waals surface area contributed by atoms with E-state index in [-0.39, 0.29) is 37.5 Å². The Bertz CT molecular complexity index is 1360. The van der Waals surface area contributed by atoms with Gasteiger partial charge in [0.1, 0.15) is 13.2 Å². The van der Waals surface area contributed by atoms with E-state index in [9.17, 15) is 14.4 Å². The normalized spacial score (nSPS) is 13.0. The summed E-state index contributed by atoms with van der Waals surface area (Å²) in [6.45, 7) is 6.40. The van der Waals surface area contributed by atoms with E-state index in [1.54, 1.807) is 0 Å². The molecule has 0 amide bonds. The van der Waals surface area contributed by atoms with Crippen molar-refractivity contribution in [2.45, 2.75) is 232 Å². The molecule has 65 heavy (non-hydrogen) atoms. The second-order valence-electron chi connectivity index (χ2n) is 17.2. The molecule has 368 valence electrons. The Morgan fingerprint density at radius 3 is 1.00 bits per heavy atom. The van der Waals surface area contributed by atoms with Crippen LogP contribution in [0.3, 0.4) is 0 Å². The van der Waals surface area contributed by atoms with Crippen LogP contribution in [0, 0.1) is 0 Å².